The van der Waals surface area contributed by atoms with Crippen LogP contribution in [-0.4, -0.2) is 41.4 Å². The van der Waals surface area contributed by atoms with Crippen molar-refractivity contribution in [1.29, 1.82) is 0 Å². The standard InChI is InChI=1S/C11H14O5/c1-16-8-3-2-7(5-12)9(4-8)11(15)10(14)6-13/h2-5,10-11,13-15H,6H2,1H3. The summed E-state index contributed by atoms with van der Waals surface area (Å²) in [5.41, 5.74) is 0.483. The largest absolute Gasteiger partial charge is 0.497 e. The number of methoxy groups -OCH3 is 1. The molecule has 2 unspecified atom stereocenters. The van der Waals surface area contributed by atoms with Gasteiger partial charge in [-0.15, -0.1) is 0 Å². The lowest BCUT2D eigenvalue weighted by molar-refractivity contribution is -0.0155. The molecule has 5 nitrogen and oxygen atoms in total. The van der Waals surface area contributed by atoms with Gasteiger partial charge in [0, 0.05) is 5.56 Å². The maximum Gasteiger partial charge on any atom is 0.150 e. The predicted octanol–water partition coefficient (Wildman–Crippen LogP) is -0.106. The second-order valence-electron chi connectivity index (χ2n) is 3.31. The van der Waals surface area contributed by atoms with Gasteiger partial charge in [-0.05, 0) is 23.8 Å². The molecular formula is C11H14O5. The number of ether oxygens (including phenoxy) is 1. The van der Waals surface area contributed by atoms with E-state index in [-0.39, 0.29) is 11.1 Å². The molecule has 0 saturated heterocycles. The molecule has 0 aliphatic heterocycles. The molecule has 0 aromatic heterocycles. The van der Waals surface area contributed by atoms with E-state index in [2.05, 4.69) is 0 Å². The normalized spacial score (nSPS) is 14.2. The van der Waals surface area contributed by atoms with Gasteiger partial charge in [-0.2, -0.15) is 0 Å². The van der Waals surface area contributed by atoms with Gasteiger partial charge in [0.2, 0.25) is 0 Å². The SMILES string of the molecule is COc1ccc(C=O)c(C(O)C(O)CO)c1. The van der Waals surface area contributed by atoms with Crippen LogP contribution in [0.4, 0.5) is 0 Å². The maximum atomic E-state index is 10.7. The Kier molecular flexibility index (Phi) is 4.42. The zero-order chi connectivity index (χ0) is 12.1. The van der Waals surface area contributed by atoms with Crippen molar-refractivity contribution in [2.45, 2.75) is 12.2 Å². The fraction of sp³-hybridized carbons (Fsp3) is 0.364. The Labute approximate surface area is 92.9 Å². The van der Waals surface area contributed by atoms with E-state index >= 15 is 0 Å². The van der Waals surface area contributed by atoms with Crippen molar-refractivity contribution in [2.75, 3.05) is 13.7 Å². The van der Waals surface area contributed by atoms with Crippen molar-refractivity contribution in [1.82, 2.24) is 0 Å². The maximum absolute atomic E-state index is 10.7. The van der Waals surface area contributed by atoms with Gasteiger partial charge in [0.25, 0.3) is 0 Å². The Morgan fingerprint density at radius 3 is 2.62 bits per heavy atom. The fourth-order valence-electron chi connectivity index (χ4n) is 1.35. The number of aliphatic hydroxyl groups excluding tert-OH is 3. The minimum Gasteiger partial charge on any atom is -0.497 e. The van der Waals surface area contributed by atoms with E-state index in [1.54, 1.807) is 6.07 Å². The summed E-state index contributed by atoms with van der Waals surface area (Å²) in [6.07, 6.45) is -2.08. The van der Waals surface area contributed by atoms with Crippen molar-refractivity contribution >= 4 is 6.29 Å². The van der Waals surface area contributed by atoms with Gasteiger partial charge in [0.15, 0.2) is 0 Å². The quantitative estimate of drug-likeness (QED) is 0.610. The first-order valence-electron chi connectivity index (χ1n) is 4.74. The summed E-state index contributed by atoms with van der Waals surface area (Å²) >= 11 is 0. The molecule has 3 N–H and O–H groups in total. The minimum atomic E-state index is -1.33. The molecule has 0 bridgehead atoms. The molecule has 1 aromatic carbocycles. The lowest BCUT2D eigenvalue weighted by atomic mass is 9.99. The fourth-order valence-corrected chi connectivity index (χ4v) is 1.35. The minimum absolute atomic E-state index is 0.232. The third-order valence-electron chi connectivity index (χ3n) is 2.29. The average molecular weight is 226 g/mol. The van der Waals surface area contributed by atoms with Crippen LogP contribution >= 0.6 is 0 Å². The molecule has 1 rings (SSSR count). The Balaban J connectivity index is 3.12. The number of aldehydes is 1. The number of carbonyl (C=O) groups is 1. The summed E-state index contributed by atoms with van der Waals surface area (Å²) in [6, 6.07) is 4.51. The van der Waals surface area contributed by atoms with E-state index in [1.165, 1.54) is 19.2 Å². The highest BCUT2D eigenvalue weighted by atomic mass is 16.5. The Bertz CT molecular complexity index is 363. The summed E-state index contributed by atoms with van der Waals surface area (Å²) in [5.74, 6) is 0.463. The lowest BCUT2D eigenvalue weighted by Crippen LogP contribution is -2.23. The van der Waals surface area contributed by atoms with Crippen molar-refractivity contribution in [3.63, 3.8) is 0 Å². The van der Waals surface area contributed by atoms with Gasteiger partial charge in [-0.25, -0.2) is 0 Å². The summed E-state index contributed by atoms with van der Waals surface area (Å²) in [4.78, 5) is 10.7. The van der Waals surface area contributed by atoms with Crippen LogP contribution in [0, 0.1) is 0 Å². The molecule has 0 heterocycles. The lowest BCUT2D eigenvalue weighted by Gasteiger charge is -2.18. The van der Waals surface area contributed by atoms with E-state index in [4.69, 9.17) is 9.84 Å². The second-order valence-corrected chi connectivity index (χ2v) is 3.31. The van der Waals surface area contributed by atoms with Crippen LogP contribution in [0.1, 0.15) is 22.0 Å². The molecule has 0 fully saturated rings. The van der Waals surface area contributed by atoms with Crippen LogP contribution in [0.2, 0.25) is 0 Å². The van der Waals surface area contributed by atoms with Crippen LogP contribution in [0.25, 0.3) is 0 Å². The summed E-state index contributed by atoms with van der Waals surface area (Å²) in [7, 11) is 1.45. The van der Waals surface area contributed by atoms with Crippen molar-refractivity contribution in [3.05, 3.63) is 29.3 Å². The highest BCUT2D eigenvalue weighted by molar-refractivity contribution is 5.78. The smallest absolute Gasteiger partial charge is 0.150 e. The van der Waals surface area contributed by atoms with Crippen LogP contribution in [0.15, 0.2) is 18.2 Å². The predicted molar refractivity (Wildman–Crippen MR) is 56.4 cm³/mol. The third-order valence-corrected chi connectivity index (χ3v) is 2.29. The molecule has 5 heteroatoms. The van der Waals surface area contributed by atoms with E-state index in [9.17, 15) is 15.0 Å². The first-order chi connectivity index (χ1) is 7.63. The molecule has 0 radical (unpaired) electrons. The Morgan fingerprint density at radius 1 is 1.44 bits per heavy atom. The van der Waals surface area contributed by atoms with Crippen molar-refractivity contribution in [3.8, 4) is 5.75 Å². The van der Waals surface area contributed by atoms with E-state index in [1.807, 2.05) is 0 Å². The van der Waals surface area contributed by atoms with Crippen LogP contribution in [0.5, 0.6) is 5.75 Å². The van der Waals surface area contributed by atoms with Gasteiger partial charge in [-0.3, -0.25) is 4.79 Å². The van der Waals surface area contributed by atoms with Gasteiger partial charge in [0.1, 0.15) is 24.2 Å². The molecule has 0 aliphatic carbocycles. The molecule has 88 valence electrons. The van der Waals surface area contributed by atoms with E-state index < -0.39 is 18.8 Å². The molecule has 1 aromatic rings. The second kappa shape index (κ2) is 5.60. The summed E-state index contributed by atoms with van der Waals surface area (Å²) in [5, 5.41) is 27.7. The van der Waals surface area contributed by atoms with E-state index in [0.717, 1.165) is 0 Å². The highest BCUT2D eigenvalue weighted by Crippen LogP contribution is 2.24. The molecule has 2 atom stereocenters. The van der Waals surface area contributed by atoms with Gasteiger partial charge in [0.05, 0.1) is 13.7 Å². The highest BCUT2D eigenvalue weighted by Gasteiger charge is 2.20. The Hall–Kier alpha value is -1.43. The van der Waals surface area contributed by atoms with Crippen molar-refractivity contribution < 1.29 is 24.9 Å². The summed E-state index contributed by atoms with van der Waals surface area (Å²) in [6.45, 7) is -0.587. The number of aliphatic hydroxyl groups is 3. The van der Waals surface area contributed by atoms with Crippen molar-refractivity contribution in [2.24, 2.45) is 0 Å². The third kappa shape index (κ3) is 2.57. The zero-order valence-electron chi connectivity index (χ0n) is 8.83. The monoisotopic (exact) mass is 226 g/mol. The van der Waals surface area contributed by atoms with Gasteiger partial charge in [-0.1, -0.05) is 0 Å². The molecule has 0 spiro atoms. The Morgan fingerprint density at radius 2 is 2.12 bits per heavy atom. The molecule has 0 aliphatic rings. The molecule has 0 amide bonds. The van der Waals surface area contributed by atoms with Gasteiger partial charge < -0.3 is 20.1 Å². The molecule has 16 heavy (non-hydrogen) atoms. The summed E-state index contributed by atoms with van der Waals surface area (Å²) < 4.78 is 4.95. The number of carbonyl (C=O) groups excluding carboxylic acids is 1. The van der Waals surface area contributed by atoms with Crippen LogP contribution < -0.4 is 4.74 Å². The first-order valence-corrected chi connectivity index (χ1v) is 4.74. The first kappa shape index (κ1) is 12.6. The molecule has 0 saturated carbocycles. The zero-order valence-corrected chi connectivity index (χ0v) is 8.83. The number of hydrogen-bond acceptors (Lipinski definition) is 5. The topological polar surface area (TPSA) is 87.0 Å². The van der Waals surface area contributed by atoms with E-state index in [0.29, 0.717) is 12.0 Å². The van der Waals surface area contributed by atoms with Gasteiger partial charge >= 0.3 is 0 Å². The number of hydrogen-bond donors (Lipinski definition) is 3. The average Bonchev–Trinajstić information content (AvgIpc) is 2.35. The van der Waals surface area contributed by atoms with Crippen LogP contribution in [-0.2, 0) is 0 Å². The van der Waals surface area contributed by atoms with Crippen LogP contribution in [0.3, 0.4) is 0 Å². The number of rotatable bonds is 5. The molecular weight excluding hydrogens is 212 g/mol. The number of benzene rings is 1.